The SMILES string of the molecule is CCOC(=O)c1ccc2c(c1)s/c(=N\S(=O)(=O)c1ccccc1)n2CC. The number of nitrogens with zero attached hydrogens (tertiary/aromatic N) is 2. The van der Waals surface area contributed by atoms with Gasteiger partial charge in [0.2, 0.25) is 4.80 Å². The van der Waals surface area contributed by atoms with E-state index in [-0.39, 0.29) is 4.90 Å². The Kier molecular flexibility index (Phi) is 5.24. The number of sulfonamides is 1. The number of hydrogen-bond acceptors (Lipinski definition) is 5. The number of aryl methyl sites for hydroxylation is 1. The van der Waals surface area contributed by atoms with Crippen molar-refractivity contribution < 1.29 is 17.9 Å². The molecule has 8 heteroatoms. The summed E-state index contributed by atoms with van der Waals surface area (Å²) in [5, 5.41) is 0. The number of rotatable bonds is 5. The molecule has 136 valence electrons. The van der Waals surface area contributed by atoms with Crippen molar-refractivity contribution in [3.63, 3.8) is 0 Å². The van der Waals surface area contributed by atoms with Gasteiger partial charge in [-0.2, -0.15) is 8.42 Å². The normalized spacial score (nSPS) is 12.5. The fourth-order valence-electron chi connectivity index (χ4n) is 2.54. The molecule has 0 aliphatic carbocycles. The van der Waals surface area contributed by atoms with E-state index in [0.717, 1.165) is 10.2 Å². The molecule has 0 radical (unpaired) electrons. The minimum atomic E-state index is -3.81. The van der Waals surface area contributed by atoms with Crippen LogP contribution in [0.15, 0.2) is 57.8 Å². The third-order valence-electron chi connectivity index (χ3n) is 3.75. The quantitative estimate of drug-likeness (QED) is 0.627. The summed E-state index contributed by atoms with van der Waals surface area (Å²) >= 11 is 1.23. The second kappa shape index (κ2) is 7.43. The lowest BCUT2D eigenvalue weighted by atomic mass is 10.2. The standard InChI is InChI=1S/C18H18N2O4S2/c1-3-20-15-11-10-13(17(21)24-4-2)12-16(15)25-18(20)19-26(22,23)14-8-6-5-7-9-14/h5-12H,3-4H2,1-2H3/b19-18-. The third kappa shape index (κ3) is 3.56. The molecule has 1 heterocycles. The monoisotopic (exact) mass is 390 g/mol. The van der Waals surface area contributed by atoms with Crippen molar-refractivity contribution in [2.45, 2.75) is 25.3 Å². The van der Waals surface area contributed by atoms with Crippen molar-refractivity contribution in [3.8, 4) is 0 Å². The number of ether oxygens (including phenoxy) is 1. The Balaban J connectivity index is 2.16. The average molecular weight is 390 g/mol. The Morgan fingerprint density at radius 2 is 1.88 bits per heavy atom. The molecule has 6 nitrogen and oxygen atoms in total. The fraction of sp³-hybridized carbons (Fsp3) is 0.222. The van der Waals surface area contributed by atoms with Crippen molar-refractivity contribution in [2.24, 2.45) is 4.40 Å². The summed E-state index contributed by atoms with van der Waals surface area (Å²) in [5.41, 5.74) is 1.26. The van der Waals surface area contributed by atoms with E-state index in [2.05, 4.69) is 4.40 Å². The molecule has 26 heavy (non-hydrogen) atoms. The average Bonchev–Trinajstić information content (AvgIpc) is 2.98. The number of benzene rings is 2. The highest BCUT2D eigenvalue weighted by Gasteiger charge is 2.15. The maximum atomic E-state index is 12.6. The zero-order chi connectivity index (χ0) is 18.7. The van der Waals surface area contributed by atoms with Gasteiger partial charge in [0.05, 0.1) is 27.3 Å². The maximum Gasteiger partial charge on any atom is 0.338 e. The van der Waals surface area contributed by atoms with Crippen LogP contribution >= 0.6 is 11.3 Å². The molecule has 1 aromatic heterocycles. The van der Waals surface area contributed by atoms with Gasteiger partial charge in [-0.25, -0.2) is 4.79 Å². The first-order chi connectivity index (χ1) is 12.5. The van der Waals surface area contributed by atoms with E-state index in [1.807, 2.05) is 11.5 Å². The lowest BCUT2D eigenvalue weighted by molar-refractivity contribution is 0.0526. The van der Waals surface area contributed by atoms with Gasteiger partial charge in [0.15, 0.2) is 0 Å². The van der Waals surface area contributed by atoms with Gasteiger partial charge in [0, 0.05) is 6.54 Å². The predicted octanol–water partition coefficient (Wildman–Crippen LogP) is 3.19. The van der Waals surface area contributed by atoms with Crippen molar-refractivity contribution in [1.82, 2.24) is 4.57 Å². The zero-order valence-corrected chi connectivity index (χ0v) is 16.0. The van der Waals surface area contributed by atoms with Crippen LogP contribution < -0.4 is 4.80 Å². The number of hydrogen-bond donors (Lipinski definition) is 0. The molecule has 0 bridgehead atoms. The smallest absolute Gasteiger partial charge is 0.338 e. The van der Waals surface area contributed by atoms with E-state index >= 15 is 0 Å². The van der Waals surface area contributed by atoms with Crippen LogP contribution in [-0.2, 0) is 21.3 Å². The molecule has 0 amide bonds. The molecule has 0 saturated heterocycles. The van der Waals surface area contributed by atoms with Crippen LogP contribution in [0.5, 0.6) is 0 Å². The van der Waals surface area contributed by atoms with Gasteiger partial charge in [-0.1, -0.05) is 29.5 Å². The molecule has 0 atom stereocenters. The molecular formula is C18H18N2O4S2. The van der Waals surface area contributed by atoms with Crippen LogP contribution in [0.25, 0.3) is 10.2 Å². The van der Waals surface area contributed by atoms with Crippen LogP contribution in [0.1, 0.15) is 24.2 Å². The minimum absolute atomic E-state index is 0.146. The summed E-state index contributed by atoms with van der Waals surface area (Å²) in [4.78, 5) is 12.4. The number of thiazole rings is 1. The maximum absolute atomic E-state index is 12.6. The van der Waals surface area contributed by atoms with Crippen LogP contribution in [-0.4, -0.2) is 25.6 Å². The molecule has 0 spiro atoms. The van der Waals surface area contributed by atoms with Gasteiger partial charge in [-0.05, 0) is 44.2 Å². The predicted molar refractivity (Wildman–Crippen MR) is 101 cm³/mol. The lowest BCUT2D eigenvalue weighted by Crippen LogP contribution is -2.16. The van der Waals surface area contributed by atoms with E-state index in [1.54, 1.807) is 43.3 Å². The van der Waals surface area contributed by atoms with E-state index in [9.17, 15) is 13.2 Å². The van der Waals surface area contributed by atoms with Crippen LogP contribution in [0, 0.1) is 0 Å². The van der Waals surface area contributed by atoms with Crippen molar-refractivity contribution in [2.75, 3.05) is 6.61 Å². The second-order valence-corrected chi connectivity index (χ2v) is 8.02. The minimum Gasteiger partial charge on any atom is -0.462 e. The summed E-state index contributed by atoms with van der Waals surface area (Å²) < 4.78 is 36.7. The molecule has 0 saturated carbocycles. The zero-order valence-electron chi connectivity index (χ0n) is 14.4. The summed E-state index contributed by atoms with van der Waals surface area (Å²) in [6.07, 6.45) is 0. The second-order valence-electron chi connectivity index (χ2n) is 5.41. The van der Waals surface area contributed by atoms with Gasteiger partial charge >= 0.3 is 5.97 Å². The first-order valence-electron chi connectivity index (χ1n) is 8.13. The molecule has 2 aromatic carbocycles. The fourth-order valence-corrected chi connectivity index (χ4v) is 4.90. The highest BCUT2D eigenvalue weighted by Crippen LogP contribution is 2.21. The Labute approximate surface area is 155 Å². The highest BCUT2D eigenvalue weighted by atomic mass is 32.2. The Bertz CT molecular complexity index is 1110. The van der Waals surface area contributed by atoms with Crippen LogP contribution in [0.3, 0.4) is 0 Å². The van der Waals surface area contributed by atoms with Crippen molar-refractivity contribution >= 4 is 37.5 Å². The summed E-state index contributed by atoms with van der Waals surface area (Å²) in [5.74, 6) is -0.402. The van der Waals surface area contributed by atoms with Gasteiger partial charge in [-0.15, -0.1) is 4.40 Å². The molecule has 0 N–H and O–H groups in total. The number of fused-ring (bicyclic) bond motifs is 1. The highest BCUT2D eigenvalue weighted by molar-refractivity contribution is 7.90. The van der Waals surface area contributed by atoms with E-state index in [4.69, 9.17) is 4.74 Å². The molecule has 3 aromatic rings. The number of aromatic nitrogens is 1. The number of carbonyl (C=O) groups excluding carboxylic acids is 1. The van der Waals surface area contributed by atoms with Gasteiger partial charge < -0.3 is 9.30 Å². The Morgan fingerprint density at radius 1 is 1.15 bits per heavy atom. The van der Waals surface area contributed by atoms with E-state index in [0.29, 0.717) is 23.5 Å². The summed E-state index contributed by atoms with van der Waals surface area (Å²) in [6, 6.07) is 13.3. The third-order valence-corrected chi connectivity index (χ3v) is 6.19. The van der Waals surface area contributed by atoms with E-state index in [1.165, 1.54) is 23.5 Å². The van der Waals surface area contributed by atoms with Gasteiger partial charge in [0.25, 0.3) is 10.0 Å². The molecule has 3 rings (SSSR count). The first kappa shape index (κ1) is 18.3. The van der Waals surface area contributed by atoms with Crippen LogP contribution in [0.4, 0.5) is 0 Å². The number of carbonyl (C=O) groups is 1. The van der Waals surface area contributed by atoms with Crippen molar-refractivity contribution in [3.05, 3.63) is 58.9 Å². The molecule has 0 aliphatic rings. The molecule has 0 fully saturated rings. The van der Waals surface area contributed by atoms with Crippen molar-refractivity contribution in [1.29, 1.82) is 0 Å². The van der Waals surface area contributed by atoms with Crippen LogP contribution in [0.2, 0.25) is 0 Å². The van der Waals surface area contributed by atoms with E-state index < -0.39 is 16.0 Å². The number of esters is 1. The summed E-state index contributed by atoms with van der Waals surface area (Å²) in [6.45, 7) is 4.52. The Morgan fingerprint density at radius 3 is 2.54 bits per heavy atom. The molecule has 0 unspecified atom stereocenters. The largest absolute Gasteiger partial charge is 0.462 e. The summed E-state index contributed by atoms with van der Waals surface area (Å²) in [7, 11) is -3.81. The topological polar surface area (TPSA) is 77.7 Å². The lowest BCUT2D eigenvalue weighted by Gasteiger charge is -2.03. The molecule has 0 aliphatic heterocycles. The first-order valence-corrected chi connectivity index (χ1v) is 10.4. The van der Waals surface area contributed by atoms with Gasteiger partial charge in [0.1, 0.15) is 0 Å². The Hall–Kier alpha value is -2.45. The van der Waals surface area contributed by atoms with Gasteiger partial charge in [-0.3, -0.25) is 0 Å². The molecular weight excluding hydrogens is 372 g/mol.